The number of benzene rings is 1. The molecule has 0 aliphatic carbocycles. The van der Waals surface area contributed by atoms with Crippen LogP contribution in [0.2, 0.25) is 0 Å². The fourth-order valence-electron chi connectivity index (χ4n) is 2.58. The molecule has 0 unspecified atom stereocenters. The number of thioether (sulfide) groups is 1. The van der Waals surface area contributed by atoms with Gasteiger partial charge in [-0.05, 0) is 31.9 Å². The topological polar surface area (TPSA) is 55.8 Å². The van der Waals surface area contributed by atoms with E-state index in [1.807, 2.05) is 30.3 Å². The van der Waals surface area contributed by atoms with Crippen molar-refractivity contribution in [1.29, 1.82) is 0 Å². The average Bonchev–Trinajstić information content (AvgIpc) is 2.84. The maximum atomic E-state index is 12.1. The lowest BCUT2D eigenvalue weighted by atomic mass is 10.00. The van der Waals surface area contributed by atoms with Gasteiger partial charge in [-0.1, -0.05) is 18.2 Å². The van der Waals surface area contributed by atoms with Crippen LogP contribution in [0.1, 0.15) is 19.8 Å². The SMILES string of the molecule is COC(=O)N1[C@@H](Sc2ccccc2)CC[C@@]1(C)C(=O)OC. The van der Waals surface area contributed by atoms with Gasteiger partial charge in [0.25, 0.3) is 0 Å². The molecule has 21 heavy (non-hydrogen) atoms. The van der Waals surface area contributed by atoms with E-state index in [-0.39, 0.29) is 5.37 Å². The maximum Gasteiger partial charge on any atom is 0.411 e. The molecule has 1 heterocycles. The summed E-state index contributed by atoms with van der Waals surface area (Å²) in [6.45, 7) is 1.72. The Kier molecular flexibility index (Phi) is 4.77. The lowest BCUT2D eigenvalue weighted by molar-refractivity contribution is -0.151. The highest BCUT2D eigenvalue weighted by Crippen LogP contribution is 2.42. The van der Waals surface area contributed by atoms with Crippen LogP contribution in [0.5, 0.6) is 0 Å². The van der Waals surface area contributed by atoms with Crippen molar-refractivity contribution in [2.45, 2.75) is 35.6 Å². The number of carbonyl (C=O) groups excluding carboxylic acids is 2. The third kappa shape index (κ3) is 3.00. The molecule has 0 spiro atoms. The number of ether oxygens (including phenoxy) is 2. The Hall–Kier alpha value is -1.69. The monoisotopic (exact) mass is 309 g/mol. The number of rotatable bonds is 3. The van der Waals surface area contributed by atoms with Gasteiger partial charge in [0.2, 0.25) is 0 Å². The van der Waals surface area contributed by atoms with Gasteiger partial charge in [-0.15, -0.1) is 11.8 Å². The molecule has 0 radical (unpaired) electrons. The van der Waals surface area contributed by atoms with Crippen LogP contribution in [0.15, 0.2) is 35.2 Å². The van der Waals surface area contributed by atoms with Crippen molar-refractivity contribution in [3.05, 3.63) is 30.3 Å². The molecule has 0 bridgehead atoms. The Labute approximate surface area is 128 Å². The summed E-state index contributed by atoms with van der Waals surface area (Å²) < 4.78 is 9.72. The molecule has 2 atom stereocenters. The summed E-state index contributed by atoms with van der Waals surface area (Å²) in [6, 6.07) is 9.79. The number of esters is 1. The normalized spacial score (nSPS) is 24.7. The third-order valence-electron chi connectivity index (χ3n) is 3.71. The second-order valence-electron chi connectivity index (χ2n) is 5.03. The predicted octanol–water partition coefficient (Wildman–Crippen LogP) is 2.90. The van der Waals surface area contributed by atoms with Crippen molar-refractivity contribution < 1.29 is 19.1 Å². The third-order valence-corrected chi connectivity index (χ3v) is 4.97. The Morgan fingerprint density at radius 3 is 2.48 bits per heavy atom. The van der Waals surface area contributed by atoms with Gasteiger partial charge in [0, 0.05) is 4.90 Å². The summed E-state index contributed by atoms with van der Waals surface area (Å²) in [4.78, 5) is 26.8. The van der Waals surface area contributed by atoms with Crippen molar-refractivity contribution in [2.75, 3.05) is 14.2 Å². The molecule has 1 amide bonds. The van der Waals surface area contributed by atoms with Crippen LogP contribution in [0.25, 0.3) is 0 Å². The number of methoxy groups -OCH3 is 2. The van der Waals surface area contributed by atoms with E-state index in [1.54, 1.807) is 18.7 Å². The number of hydrogen-bond donors (Lipinski definition) is 0. The molecule has 114 valence electrons. The predicted molar refractivity (Wildman–Crippen MR) is 80.0 cm³/mol. The molecule has 1 saturated heterocycles. The van der Waals surface area contributed by atoms with Crippen LogP contribution in [0, 0.1) is 0 Å². The summed E-state index contributed by atoms with van der Waals surface area (Å²) in [7, 11) is 2.66. The van der Waals surface area contributed by atoms with Crippen LogP contribution < -0.4 is 0 Å². The summed E-state index contributed by atoms with van der Waals surface area (Å²) in [5, 5.41) is -0.149. The second-order valence-corrected chi connectivity index (χ2v) is 6.28. The smallest absolute Gasteiger partial charge is 0.411 e. The van der Waals surface area contributed by atoms with Gasteiger partial charge in [0.05, 0.1) is 19.6 Å². The van der Waals surface area contributed by atoms with E-state index in [2.05, 4.69) is 0 Å². The number of carbonyl (C=O) groups is 2. The highest BCUT2D eigenvalue weighted by atomic mass is 32.2. The summed E-state index contributed by atoms with van der Waals surface area (Å²) >= 11 is 1.55. The molecule has 0 aromatic heterocycles. The number of likely N-dealkylation sites (tertiary alicyclic amines) is 1. The van der Waals surface area contributed by atoms with Crippen molar-refractivity contribution in [3.63, 3.8) is 0 Å². The quantitative estimate of drug-likeness (QED) is 0.804. The van der Waals surface area contributed by atoms with Gasteiger partial charge in [-0.3, -0.25) is 4.90 Å². The van der Waals surface area contributed by atoms with Gasteiger partial charge < -0.3 is 9.47 Å². The van der Waals surface area contributed by atoms with E-state index >= 15 is 0 Å². The molecule has 1 aliphatic heterocycles. The molecular weight excluding hydrogens is 290 g/mol. The first-order valence-electron chi connectivity index (χ1n) is 6.70. The van der Waals surface area contributed by atoms with Gasteiger partial charge in [0.15, 0.2) is 0 Å². The van der Waals surface area contributed by atoms with E-state index in [9.17, 15) is 9.59 Å². The first kappa shape index (κ1) is 15.7. The average molecular weight is 309 g/mol. The highest BCUT2D eigenvalue weighted by molar-refractivity contribution is 8.00. The Morgan fingerprint density at radius 2 is 1.90 bits per heavy atom. The number of amides is 1. The molecule has 1 aliphatic rings. The number of hydrogen-bond acceptors (Lipinski definition) is 5. The second kappa shape index (κ2) is 6.39. The highest BCUT2D eigenvalue weighted by Gasteiger charge is 2.52. The summed E-state index contributed by atoms with van der Waals surface area (Å²) in [6.07, 6.45) is 0.758. The van der Waals surface area contributed by atoms with E-state index < -0.39 is 17.6 Å². The molecule has 2 rings (SSSR count). The largest absolute Gasteiger partial charge is 0.467 e. The maximum absolute atomic E-state index is 12.1. The summed E-state index contributed by atoms with van der Waals surface area (Å²) in [5.74, 6) is -0.413. The van der Waals surface area contributed by atoms with Crippen LogP contribution in [-0.4, -0.2) is 42.1 Å². The zero-order valence-electron chi connectivity index (χ0n) is 12.4. The molecule has 0 saturated carbocycles. The minimum Gasteiger partial charge on any atom is -0.467 e. The standard InChI is InChI=1S/C15H19NO4S/c1-15(13(17)19-2)10-9-12(16(15)14(18)20-3)21-11-7-5-4-6-8-11/h4-8,12H,9-10H2,1-3H3/t12-,15-/m0/s1. The van der Waals surface area contributed by atoms with Crippen molar-refractivity contribution >= 4 is 23.8 Å². The minimum atomic E-state index is -0.978. The molecule has 1 fully saturated rings. The molecular formula is C15H19NO4S. The van der Waals surface area contributed by atoms with Gasteiger partial charge in [0.1, 0.15) is 5.54 Å². The van der Waals surface area contributed by atoms with Crippen LogP contribution >= 0.6 is 11.8 Å². The van der Waals surface area contributed by atoms with E-state index in [0.29, 0.717) is 12.8 Å². The number of nitrogens with zero attached hydrogens (tertiary/aromatic N) is 1. The Balaban J connectivity index is 2.26. The van der Waals surface area contributed by atoms with Crippen LogP contribution in [0.3, 0.4) is 0 Å². The van der Waals surface area contributed by atoms with Crippen molar-refractivity contribution in [2.24, 2.45) is 0 Å². The lowest BCUT2D eigenvalue weighted by Crippen LogP contribution is -2.53. The molecule has 6 heteroatoms. The van der Waals surface area contributed by atoms with Crippen LogP contribution in [-0.2, 0) is 14.3 Å². The van der Waals surface area contributed by atoms with E-state index in [1.165, 1.54) is 19.1 Å². The first-order valence-corrected chi connectivity index (χ1v) is 7.58. The Morgan fingerprint density at radius 1 is 1.24 bits per heavy atom. The van der Waals surface area contributed by atoms with Crippen molar-refractivity contribution in [3.8, 4) is 0 Å². The van der Waals surface area contributed by atoms with E-state index in [4.69, 9.17) is 9.47 Å². The molecule has 1 aromatic rings. The molecule has 1 aromatic carbocycles. The van der Waals surface area contributed by atoms with Gasteiger partial charge in [-0.25, -0.2) is 9.59 Å². The van der Waals surface area contributed by atoms with Gasteiger partial charge in [-0.2, -0.15) is 0 Å². The fraction of sp³-hybridized carbons (Fsp3) is 0.467. The first-order chi connectivity index (χ1) is 10.0. The molecule has 0 N–H and O–H groups in total. The van der Waals surface area contributed by atoms with E-state index in [0.717, 1.165) is 4.90 Å². The lowest BCUT2D eigenvalue weighted by Gasteiger charge is -2.34. The van der Waals surface area contributed by atoms with Crippen LogP contribution in [0.4, 0.5) is 4.79 Å². The zero-order valence-corrected chi connectivity index (χ0v) is 13.2. The fourth-order valence-corrected chi connectivity index (χ4v) is 3.87. The zero-order chi connectivity index (χ0) is 15.5. The minimum absolute atomic E-state index is 0.149. The molecule has 5 nitrogen and oxygen atoms in total. The summed E-state index contributed by atoms with van der Waals surface area (Å²) in [5.41, 5.74) is -0.978. The Bertz CT molecular complexity index is 522. The van der Waals surface area contributed by atoms with Gasteiger partial charge >= 0.3 is 12.1 Å². The van der Waals surface area contributed by atoms with Crippen molar-refractivity contribution in [1.82, 2.24) is 4.90 Å².